The number of carbonyl (C=O) groups is 2. The summed E-state index contributed by atoms with van der Waals surface area (Å²) in [7, 11) is -6.67. The summed E-state index contributed by atoms with van der Waals surface area (Å²) in [6.45, 7) is 0.167. The van der Waals surface area contributed by atoms with Gasteiger partial charge in [-0.25, -0.2) is 4.79 Å². The van der Waals surface area contributed by atoms with E-state index in [4.69, 9.17) is 4.55 Å². The van der Waals surface area contributed by atoms with Crippen LogP contribution in [-0.2, 0) is 35.7 Å². The molecule has 1 aromatic carbocycles. The zero-order chi connectivity index (χ0) is 25.7. The number of esters is 1. The summed E-state index contributed by atoms with van der Waals surface area (Å²) in [6, 6.07) is 7.23. The number of benzene rings is 1. The number of alkyl halides is 7. The zero-order valence-electron chi connectivity index (χ0n) is 16.2. The molecule has 1 rings (SSSR count). The average molecular weight is 511 g/mol. The van der Waals surface area contributed by atoms with Crippen molar-refractivity contribution in [3.8, 4) is 0 Å². The first-order chi connectivity index (χ1) is 14.9. The van der Waals surface area contributed by atoms with Crippen LogP contribution in [0, 0.1) is 0 Å². The van der Waals surface area contributed by atoms with Crippen molar-refractivity contribution in [3.63, 3.8) is 0 Å². The zero-order valence-corrected chi connectivity index (χ0v) is 17.1. The van der Waals surface area contributed by atoms with Crippen LogP contribution in [0.1, 0.15) is 12.0 Å². The van der Waals surface area contributed by atoms with Crippen molar-refractivity contribution in [1.29, 1.82) is 0 Å². The van der Waals surface area contributed by atoms with Crippen molar-refractivity contribution < 1.29 is 62.8 Å². The van der Waals surface area contributed by atoms with Gasteiger partial charge in [0.15, 0.2) is 0 Å². The Balaban J connectivity index is 3.22. The van der Waals surface area contributed by atoms with Crippen molar-refractivity contribution in [2.45, 2.75) is 36.1 Å². The number of halogens is 7. The molecule has 0 fully saturated rings. The summed E-state index contributed by atoms with van der Waals surface area (Å²) < 4.78 is 132. The Labute approximate surface area is 182 Å². The van der Waals surface area contributed by atoms with Gasteiger partial charge in [-0.15, -0.1) is 0 Å². The third-order valence-corrected chi connectivity index (χ3v) is 4.80. The third-order valence-electron chi connectivity index (χ3n) is 3.85. The van der Waals surface area contributed by atoms with Crippen molar-refractivity contribution in [1.82, 2.24) is 5.32 Å². The number of hydrogen-bond acceptors (Lipinski definition) is 6. The molecule has 1 unspecified atom stereocenters. The van der Waals surface area contributed by atoms with E-state index >= 15 is 0 Å². The van der Waals surface area contributed by atoms with Crippen molar-refractivity contribution in [2.75, 3.05) is 6.61 Å². The highest BCUT2D eigenvalue weighted by Gasteiger charge is 2.68. The fourth-order valence-electron chi connectivity index (χ4n) is 2.14. The highest BCUT2D eigenvalue weighted by molar-refractivity contribution is 7.87. The first-order valence-electron chi connectivity index (χ1n) is 8.52. The van der Waals surface area contributed by atoms with Crippen LogP contribution >= 0.6 is 0 Å². The Morgan fingerprint density at radius 2 is 1.61 bits per heavy atom. The van der Waals surface area contributed by atoms with Crippen molar-refractivity contribution in [2.24, 2.45) is 0 Å². The molecule has 8 nitrogen and oxygen atoms in total. The summed E-state index contributed by atoms with van der Waals surface area (Å²) in [5.41, 5.74) is 0.260. The second-order valence-electron chi connectivity index (χ2n) is 6.20. The highest BCUT2D eigenvalue weighted by atomic mass is 32.2. The van der Waals surface area contributed by atoms with Crippen LogP contribution in [0.25, 0.3) is 0 Å². The lowest BCUT2D eigenvalue weighted by Crippen LogP contribution is -2.61. The van der Waals surface area contributed by atoms with E-state index in [1.165, 1.54) is 24.3 Å². The van der Waals surface area contributed by atoms with Crippen molar-refractivity contribution in [3.05, 3.63) is 48.6 Å². The standard InChI is InChI=1S/C17H16F7NO7S/c1-2-12(26)32-15(16(20,21)22,13(27)25-10-11-6-4-3-5-7-11)31-9-8-14(18,19)17(23,24)33(28,29)30/h2-7H,1,8-10H2,(H,25,27)(H,28,29,30). The van der Waals surface area contributed by atoms with Crippen LogP contribution in [-0.4, -0.2) is 54.6 Å². The van der Waals surface area contributed by atoms with Crippen LogP contribution in [0.4, 0.5) is 30.7 Å². The van der Waals surface area contributed by atoms with Gasteiger partial charge in [-0.2, -0.15) is 39.2 Å². The van der Waals surface area contributed by atoms with E-state index in [9.17, 15) is 48.7 Å². The molecule has 1 atom stereocenters. The maximum Gasteiger partial charge on any atom is 0.466 e. The van der Waals surface area contributed by atoms with Gasteiger partial charge in [-0.05, 0) is 5.56 Å². The molecule has 0 aliphatic rings. The van der Waals surface area contributed by atoms with E-state index in [1.54, 1.807) is 11.4 Å². The predicted octanol–water partition coefficient (Wildman–Crippen LogP) is 2.81. The molecule has 1 amide bonds. The van der Waals surface area contributed by atoms with Crippen LogP contribution < -0.4 is 5.32 Å². The maximum atomic E-state index is 13.7. The van der Waals surface area contributed by atoms with Gasteiger partial charge in [0.25, 0.3) is 0 Å². The van der Waals surface area contributed by atoms with Gasteiger partial charge in [-0.3, -0.25) is 9.35 Å². The molecule has 16 heteroatoms. The quantitative estimate of drug-likeness (QED) is 0.154. The Morgan fingerprint density at radius 1 is 1.06 bits per heavy atom. The third kappa shape index (κ3) is 6.42. The molecule has 0 heterocycles. The largest absolute Gasteiger partial charge is 0.466 e. The minimum atomic E-state index is -6.67. The van der Waals surface area contributed by atoms with Crippen molar-refractivity contribution >= 4 is 22.0 Å². The fourth-order valence-corrected chi connectivity index (χ4v) is 2.62. The lowest BCUT2D eigenvalue weighted by molar-refractivity contribution is -0.349. The molecule has 1 aromatic rings. The Morgan fingerprint density at radius 3 is 2.06 bits per heavy atom. The van der Waals surface area contributed by atoms with Gasteiger partial charge in [0.1, 0.15) is 0 Å². The highest BCUT2D eigenvalue weighted by Crippen LogP contribution is 2.42. The van der Waals surface area contributed by atoms with Crippen LogP contribution in [0.2, 0.25) is 0 Å². The van der Waals surface area contributed by atoms with Gasteiger partial charge in [-0.1, -0.05) is 36.9 Å². The Kier molecular flexibility index (Phi) is 8.62. The van der Waals surface area contributed by atoms with Gasteiger partial charge in [0.05, 0.1) is 6.61 Å². The second kappa shape index (κ2) is 10.0. The number of amides is 1. The molecule has 0 spiro atoms. The van der Waals surface area contributed by atoms with E-state index < -0.39 is 64.7 Å². The SMILES string of the molecule is C=CC(=O)OC(OCCC(F)(F)C(F)(F)S(=O)(=O)O)(C(=O)NCc1ccccc1)C(F)(F)F. The number of rotatable bonds is 11. The average Bonchev–Trinajstić information content (AvgIpc) is 2.69. The molecule has 0 aliphatic heterocycles. The first kappa shape index (κ1) is 28.3. The maximum absolute atomic E-state index is 13.7. The lowest BCUT2D eigenvalue weighted by atomic mass is 10.2. The van der Waals surface area contributed by atoms with Gasteiger partial charge >= 0.3 is 45.1 Å². The van der Waals surface area contributed by atoms with Crippen LogP contribution in [0.5, 0.6) is 0 Å². The number of hydrogen-bond donors (Lipinski definition) is 2. The van der Waals surface area contributed by atoms with E-state index in [0.717, 1.165) is 0 Å². The number of nitrogens with one attached hydrogen (secondary N) is 1. The van der Waals surface area contributed by atoms with E-state index in [-0.39, 0.29) is 11.6 Å². The molecule has 0 bridgehead atoms. The molecular formula is C17H16F7NO7S. The Bertz CT molecular complexity index is 968. The topological polar surface area (TPSA) is 119 Å². The predicted molar refractivity (Wildman–Crippen MR) is 95.4 cm³/mol. The number of carbonyl (C=O) groups excluding carboxylic acids is 2. The number of ether oxygens (including phenoxy) is 2. The minimum absolute atomic E-state index is 0.176. The summed E-state index contributed by atoms with van der Waals surface area (Å²) >= 11 is 0. The molecule has 0 saturated heterocycles. The molecule has 0 aromatic heterocycles. The van der Waals surface area contributed by atoms with Crippen LogP contribution in [0.15, 0.2) is 43.0 Å². The fraction of sp³-hybridized carbons (Fsp3) is 0.412. The monoisotopic (exact) mass is 511 g/mol. The van der Waals surface area contributed by atoms with E-state index in [2.05, 4.69) is 16.1 Å². The molecule has 0 saturated carbocycles. The Hall–Kier alpha value is -2.72. The normalized spacial score (nSPS) is 14.8. The summed E-state index contributed by atoms with van der Waals surface area (Å²) in [4.78, 5) is 23.7. The van der Waals surface area contributed by atoms with E-state index in [1.807, 2.05) is 0 Å². The summed E-state index contributed by atoms with van der Waals surface area (Å²) in [6.07, 6.45) is -8.18. The summed E-state index contributed by atoms with van der Waals surface area (Å²) in [5, 5.41) is -4.39. The van der Waals surface area contributed by atoms with Crippen LogP contribution in [0.3, 0.4) is 0 Å². The molecule has 2 N–H and O–H groups in total. The molecule has 0 radical (unpaired) electrons. The molecule has 0 aliphatic carbocycles. The molecule has 186 valence electrons. The lowest BCUT2D eigenvalue weighted by Gasteiger charge is -2.33. The van der Waals surface area contributed by atoms with Gasteiger partial charge in [0, 0.05) is 19.0 Å². The minimum Gasteiger partial charge on any atom is -0.412 e. The van der Waals surface area contributed by atoms with Gasteiger partial charge < -0.3 is 14.8 Å². The second-order valence-corrected chi connectivity index (χ2v) is 7.67. The molecule has 33 heavy (non-hydrogen) atoms. The van der Waals surface area contributed by atoms with Gasteiger partial charge in [0.2, 0.25) is 0 Å². The summed E-state index contributed by atoms with van der Waals surface area (Å²) in [5.74, 6) is -14.3. The molecular weight excluding hydrogens is 495 g/mol. The van der Waals surface area contributed by atoms with E-state index in [0.29, 0.717) is 0 Å². The smallest absolute Gasteiger partial charge is 0.412 e. The first-order valence-corrected chi connectivity index (χ1v) is 9.96.